The summed E-state index contributed by atoms with van der Waals surface area (Å²) >= 11 is 1.64. The largest absolute Gasteiger partial charge is 0.466 e. The summed E-state index contributed by atoms with van der Waals surface area (Å²) in [6.45, 7) is 2.21. The normalized spacial score (nSPS) is 22.6. The number of hydrogen-bond acceptors (Lipinski definition) is 4. The Morgan fingerprint density at radius 2 is 2.05 bits per heavy atom. The minimum atomic E-state index is -0.181. The lowest BCUT2D eigenvalue weighted by molar-refractivity contribution is -0.144. The van der Waals surface area contributed by atoms with Crippen molar-refractivity contribution in [2.24, 2.45) is 5.92 Å². The number of esters is 1. The minimum absolute atomic E-state index is 0.0378. The lowest BCUT2D eigenvalue weighted by Gasteiger charge is -2.26. The molecule has 3 nitrogen and oxygen atoms in total. The molecule has 0 N–H and O–H groups in total. The monoisotopic (exact) mass is 292 g/mol. The molecule has 2 atom stereocenters. The zero-order valence-electron chi connectivity index (χ0n) is 11.7. The third kappa shape index (κ3) is 4.37. The molecular weight excluding hydrogens is 272 g/mol. The molecule has 1 fully saturated rings. The Bertz CT molecular complexity index is 458. The van der Waals surface area contributed by atoms with Gasteiger partial charge in [-0.3, -0.25) is 9.59 Å². The molecule has 0 bridgehead atoms. The molecule has 1 aromatic carbocycles. The second-order valence-corrected chi connectivity index (χ2v) is 6.32. The van der Waals surface area contributed by atoms with Gasteiger partial charge in [-0.05, 0) is 37.8 Å². The van der Waals surface area contributed by atoms with Crippen molar-refractivity contribution in [1.29, 1.82) is 0 Å². The Hall–Kier alpha value is -1.29. The van der Waals surface area contributed by atoms with Crippen LogP contribution in [0.1, 0.15) is 32.6 Å². The van der Waals surface area contributed by atoms with E-state index in [-0.39, 0.29) is 22.9 Å². The summed E-state index contributed by atoms with van der Waals surface area (Å²) in [5.41, 5.74) is 0. The van der Waals surface area contributed by atoms with Crippen molar-refractivity contribution in [3.8, 4) is 0 Å². The summed E-state index contributed by atoms with van der Waals surface area (Å²) in [7, 11) is 0. The maximum absolute atomic E-state index is 12.2. The standard InChI is InChI=1S/C16H20O3S/c1-2-19-16(18)11-12-8-9-15(14(17)10-12)20-13-6-4-3-5-7-13/h3-7,12,15H,2,8-11H2,1H3. The van der Waals surface area contributed by atoms with Crippen LogP contribution in [0.4, 0.5) is 0 Å². The number of rotatable bonds is 5. The Labute approximate surface area is 124 Å². The van der Waals surface area contributed by atoms with Crippen LogP contribution in [0.5, 0.6) is 0 Å². The molecule has 0 spiro atoms. The van der Waals surface area contributed by atoms with Crippen molar-refractivity contribution >= 4 is 23.5 Å². The number of carbonyl (C=O) groups excluding carboxylic acids is 2. The molecule has 108 valence electrons. The average molecular weight is 292 g/mol. The third-order valence-electron chi connectivity index (χ3n) is 3.47. The van der Waals surface area contributed by atoms with E-state index in [2.05, 4.69) is 0 Å². The van der Waals surface area contributed by atoms with E-state index in [0.717, 1.165) is 17.7 Å². The van der Waals surface area contributed by atoms with Gasteiger partial charge in [0.25, 0.3) is 0 Å². The quantitative estimate of drug-likeness (QED) is 0.779. The highest BCUT2D eigenvalue weighted by Gasteiger charge is 2.30. The number of carbonyl (C=O) groups is 2. The highest BCUT2D eigenvalue weighted by molar-refractivity contribution is 8.00. The Balaban J connectivity index is 1.83. The third-order valence-corrected chi connectivity index (χ3v) is 4.80. The molecule has 1 aliphatic rings. The zero-order valence-corrected chi connectivity index (χ0v) is 12.5. The van der Waals surface area contributed by atoms with Crippen molar-refractivity contribution in [3.63, 3.8) is 0 Å². The second kappa shape index (κ2) is 7.48. The molecule has 0 amide bonds. The fourth-order valence-electron chi connectivity index (χ4n) is 2.48. The maximum atomic E-state index is 12.2. The van der Waals surface area contributed by atoms with Crippen LogP contribution in [0.25, 0.3) is 0 Å². The molecule has 0 saturated heterocycles. The predicted octanol–water partition coefficient (Wildman–Crippen LogP) is 3.47. The molecule has 1 aliphatic carbocycles. The van der Waals surface area contributed by atoms with E-state index >= 15 is 0 Å². The van der Waals surface area contributed by atoms with Gasteiger partial charge in [-0.25, -0.2) is 0 Å². The van der Waals surface area contributed by atoms with E-state index in [4.69, 9.17) is 4.74 Å². The van der Waals surface area contributed by atoms with Crippen molar-refractivity contribution < 1.29 is 14.3 Å². The van der Waals surface area contributed by atoms with Gasteiger partial charge < -0.3 is 4.74 Å². The highest BCUT2D eigenvalue weighted by atomic mass is 32.2. The predicted molar refractivity (Wildman–Crippen MR) is 79.7 cm³/mol. The Morgan fingerprint density at radius 1 is 1.30 bits per heavy atom. The van der Waals surface area contributed by atoms with Crippen LogP contribution in [0.15, 0.2) is 35.2 Å². The van der Waals surface area contributed by atoms with Crippen molar-refractivity contribution in [1.82, 2.24) is 0 Å². The van der Waals surface area contributed by atoms with Crippen LogP contribution in [0.2, 0.25) is 0 Å². The van der Waals surface area contributed by atoms with Crippen LogP contribution in [0, 0.1) is 5.92 Å². The van der Waals surface area contributed by atoms with Crippen LogP contribution >= 0.6 is 11.8 Å². The van der Waals surface area contributed by atoms with Gasteiger partial charge in [0.1, 0.15) is 5.78 Å². The van der Waals surface area contributed by atoms with E-state index in [1.54, 1.807) is 18.7 Å². The summed E-state index contributed by atoms with van der Waals surface area (Å²) in [5, 5.41) is 0.0378. The van der Waals surface area contributed by atoms with Crippen molar-refractivity contribution in [2.45, 2.75) is 42.8 Å². The van der Waals surface area contributed by atoms with E-state index in [1.165, 1.54) is 0 Å². The first-order valence-electron chi connectivity index (χ1n) is 7.09. The number of thioether (sulfide) groups is 1. The van der Waals surface area contributed by atoms with E-state index < -0.39 is 0 Å². The lowest BCUT2D eigenvalue weighted by atomic mass is 9.86. The molecule has 0 aromatic heterocycles. The molecule has 4 heteroatoms. The van der Waals surface area contributed by atoms with E-state index in [9.17, 15) is 9.59 Å². The first-order valence-corrected chi connectivity index (χ1v) is 7.97. The topological polar surface area (TPSA) is 43.4 Å². The molecule has 0 radical (unpaired) electrons. The van der Waals surface area contributed by atoms with Gasteiger partial charge >= 0.3 is 5.97 Å². The molecule has 0 heterocycles. The molecule has 2 rings (SSSR count). The minimum Gasteiger partial charge on any atom is -0.466 e. The molecule has 1 saturated carbocycles. The summed E-state index contributed by atoms with van der Waals surface area (Å²) in [4.78, 5) is 24.8. The van der Waals surface area contributed by atoms with E-state index in [0.29, 0.717) is 19.4 Å². The summed E-state index contributed by atoms with van der Waals surface area (Å²) in [6.07, 6.45) is 2.66. The molecule has 20 heavy (non-hydrogen) atoms. The van der Waals surface area contributed by atoms with Gasteiger partial charge in [0.2, 0.25) is 0 Å². The Kier molecular flexibility index (Phi) is 5.65. The molecular formula is C16H20O3S. The number of ketones is 1. The zero-order chi connectivity index (χ0) is 14.4. The fourth-order valence-corrected chi connectivity index (χ4v) is 3.61. The van der Waals surface area contributed by atoms with Crippen molar-refractivity contribution in [3.05, 3.63) is 30.3 Å². The first kappa shape index (κ1) is 15.1. The van der Waals surface area contributed by atoms with Gasteiger partial charge in [-0.1, -0.05) is 18.2 Å². The summed E-state index contributed by atoms with van der Waals surface area (Å²) in [5.74, 6) is 0.244. The molecule has 0 aliphatic heterocycles. The van der Waals surface area contributed by atoms with Crippen LogP contribution in [-0.2, 0) is 14.3 Å². The lowest BCUT2D eigenvalue weighted by Crippen LogP contribution is -2.28. The molecule has 1 aromatic rings. The molecule has 2 unspecified atom stereocenters. The number of benzene rings is 1. The van der Waals surface area contributed by atoms with E-state index in [1.807, 2.05) is 30.3 Å². The first-order chi connectivity index (χ1) is 9.69. The Morgan fingerprint density at radius 3 is 2.70 bits per heavy atom. The number of hydrogen-bond donors (Lipinski definition) is 0. The van der Waals surface area contributed by atoms with Gasteiger partial charge in [-0.15, -0.1) is 11.8 Å². The fraction of sp³-hybridized carbons (Fsp3) is 0.500. The summed E-state index contributed by atoms with van der Waals surface area (Å²) in [6, 6.07) is 10.0. The summed E-state index contributed by atoms with van der Waals surface area (Å²) < 4.78 is 4.95. The van der Waals surface area contributed by atoms with Gasteiger partial charge in [0.05, 0.1) is 11.9 Å². The highest BCUT2D eigenvalue weighted by Crippen LogP contribution is 2.34. The number of ether oxygens (including phenoxy) is 1. The van der Waals surface area contributed by atoms with Crippen molar-refractivity contribution in [2.75, 3.05) is 6.61 Å². The average Bonchev–Trinajstić information content (AvgIpc) is 2.43. The van der Waals surface area contributed by atoms with Gasteiger partial charge in [0, 0.05) is 17.7 Å². The van der Waals surface area contributed by atoms with Crippen LogP contribution in [-0.4, -0.2) is 23.6 Å². The van der Waals surface area contributed by atoms with Gasteiger partial charge in [0.15, 0.2) is 0 Å². The van der Waals surface area contributed by atoms with Gasteiger partial charge in [-0.2, -0.15) is 0 Å². The maximum Gasteiger partial charge on any atom is 0.306 e. The van der Waals surface area contributed by atoms with Crippen LogP contribution < -0.4 is 0 Å². The number of Topliss-reactive ketones (excluding diaryl/α,β-unsaturated/α-hetero) is 1. The van der Waals surface area contributed by atoms with Crippen LogP contribution in [0.3, 0.4) is 0 Å². The SMILES string of the molecule is CCOC(=O)CC1CCC(Sc2ccccc2)C(=O)C1. The second-order valence-electron chi connectivity index (χ2n) is 5.04. The smallest absolute Gasteiger partial charge is 0.306 e.